The molecule has 0 aliphatic carbocycles. The van der Waals surface area contributed by atoms with Crippen molar-refractivity contribution in [1.82, 2.24) is 14.3 Å². The molecule has 1 aromatic heterocycles. The number of imidazole rings is 1. The fraction of sp³-hybridized carbons (Fsp3) is 0.250. The number of sulfonamides is 1. The Bertz CT molecular complexity index is 605. The van der Waals surface area contributed by atoms with Gasteiger partial charge in [0.15, 0.2) is 0 Å². The summed E-state index contributed by atoms with van der Waals surface area (Å²) in [6.07, 6.45) is 4.14. The van der Waals surface area contributed by atoms with Crippen LogP contribution in [0.25, 0.3) is 0 Å². The number of benzene rings is 1. The Labute approximate surface area is 107 Å². The smallest absolute Gasteiger partial charge is 0.240 e. The molecule has 18 heavy (non-hydrogen) atoms. The topological polar surface area (TPSA) is 64.0 Å². The fourth-order valence-electron chi connectivity index (χ4n) is 1.59. The molecule has 2 aromatic rings. The Morgan fingerprint density at radius 1 is 1.28 bits per heavy atom. The van der Waals surface area contributed by atoms with Crippen LogP contribution in [0.2, 0.25) is 0 Å². The van der Waals surface area contributed by atoms with Crippen LogP contribution < -0.4 is 4.72 Å². The summed E-state index contributed by atoms with van der Waals surface area (Å²) in [6, 6.07) is 8.33. The lowest BCUT2D eigenvalue weighted by molar-refractivity contribution is 0.581. The molecule has 0 aliphatic heterocycles. The van der Waals surface area contributed by atoms with Gasteiger partial charge in [0.2, 0.25) is 10.0 Å². The van der Waals surface area contributed by atoms with Gasteiger partial charge in [-0.15, -0.1) is 0 Å². The van der Waals surface area contributed by atoms with Gasteiger partial charge in [0.25, 0.3) is 0 Å². The first-order chi connectivity index (χ1) is 8.58. The van der Waals surface area contributed by atoms with Crippen LogP contribution in [0.4, 0.5) is 0 Å². The van der Waals surface area contributed by atoms with Gasteiger partial charge in [0.05, 0.1) is 16.9 Å². The van der Waals surface area contributed by atoms with E-state index in [0.717, 1.165) is 5.69 Å². The first-order valence-corrected chi connectivity index (χ1v) is 7.08. The molecule has 0 spiro atoms. The lowest BCUT2D eigenvalue weighted by Gasteiger charge is -2.05. The van der Waals surface area contributed by atoms with Crippen LogP contribution in [-0.4, -0.2) is 24.5 Å². The summed E-state index contributed by atoms with van der Waals surface area (Å²) in [4.78, 5) is 4.42. The van der Waals surface area contributed by atoms with Gasteiger partial charge >= 0.3 is 0 Å². The predicted molar refractivity (Wildman–Crippen MR) is 68.5 cm³/mol. The Kier molecular flexibility index (Phi) is 3.78. The zero-order valence-corrected chi connectivity index (χ0v) is 10.9. The minimum absolute atomic E-state index is 0.283. The maximum Gasteiger partial charge on any atom is 0.240 e. The number of hydrogen-bond acceptors (Lipinski definition) is 3. The molecule has 0 atom stereocenters. The second-order valence-corrected chi connectivity index (χ2v) is 5.76. The lowest BCUT2D eigenvalue weighted by Crippen LogP contribution is -2.26. The monoisotopic (exact) mass is 265 g/mol. The maximum atomic E-state index is 11.9. The molecule has 1 N–H and O–H groups in total. The standard InChI is InChI=1S/C12H15N3O2S/c1-15-9-11(13-10-15)7-8-14-18(16,17)12-5-3-2-4-6-12/h2-6,9-10,14H,7-8H2,1H3. The van der Waals surface area contributed by atoms with Gasteiger partial charge in [-0.05, 0) is 12.1 Å². The van der Waals surface area contributed by atoms with Gasteiger partial charge < -0.3 is 4.57 Å². The number of rotatable bonds is 5. The highest BCUT2D eigenvalue weighted by Crippen LogP contribution is 2.06. The van der Waals surface area contributed by atoms with Crippen molar-refractivity contribution in [3.8, 4) is 0 Å². The third-order valence-corrected chi connectivity index (χ3v) is 3.96. The molecule has 1 heterocycles. The summed E-state index contributed by atoms with van der Waals surface area (Å²) in [5.41, 5.74) is 0.869. The molecule has 0 bridgehead atoms. The minimum atomic E-state index is -3.41. The molecule has 0 aliphatic rings. The van der Waals surface area contributed by atoms with Gasteiger partial charge in [-0.3, -0.25) is 0 Å². The third kappa shape index (κ3) is 3.18. The Balaban J connectivity index is 1.94. The summed E-state index contributed by atoms with van der Waals surface area (Å²) in [6.45, 7) is 0.342. The van der Waals surface area contributed by atoms with E-state index in [0.29, 0.717) is 13.0 Å². The predicted octanol–water partition coefficient (Wildman–Crippen LogP) is 0.941. The minimum Gasteiger partial charge on any atom is -0.340 e. The van der Waals surface area contributed by atoms with Crippen molar-refractivity contribution >= 4 is 10.0 Å². The molecule has 96 valence electrons. The second-order valence-electron chi connectivity index (χ2n) is 3.99. The van der Waals surface area contributed by atoms with Crippen LogP contribution >= 0.6 is 0 Å². The van der Waals surface area contributed by atoms with Gasteiger partial charge in [0.1, 0.15) is 0 Å². The first-order valence-electron chi connectivity index (χ1n) is 5.59. The molecule has 0 radical (unpaired) electrons. The van der Waals surface area contributed by atoms with E-state index in [9.17, 15) is 8.42 Å². The van der Waals surface area contributed by atoms with E-state index < -0.39 is 10.0 Å². The van der Waals surface area contributed by atoms with Gasteiger partial charge in [-0.1, -0.05) is 18.2 Å². The normalized spacial score (nSPS) is 11.6. The third-order valence-electron chi connectivity index (χ3n) is 2.49. The van der Waals surface area contributed by atoms with Crippen LogP contribution in [0.15, 0.2) is 47.8 Å². The molecule has 2 rings (SSSR count). The molecule has 0 saturated carbocycles. The van der Waals surface area contributed by atoms with Crippen molar-refractivity contribution in [2.45, 2.75) is 11.3 Å². The quantitative estimate of drug-likeness (QED) is 0.875. The first kappa shape index (κ1) is 12.8. The average molecular weight is 265 g/mol. The molecule has 6 heteroatoms. The van der Waals surface area contributed by atoms with E-state index in [4.69, 9.17) is 0 Å². The highest BCUT2D eigenvalue weighted by molar-refractivity contribution is 7.89. The summed E-state index contributed by atoms with van der Waals surface area (Å²) in [5.74, 6) is 0. The van der Waals surface area contributed by atoms with E-state index >= 15 is 0 Å². The summed E-state index contributed by atoms with van der Waals surface area (Å²) in [5, 5.41) is 0. The summed E-state index contributed by atoms with van der Waals surface area (Å²) < 4.78 is 28.2. The molecule has 5 nitrogen and oxygen atoms in total. The van der Waals surface area contributed by atoms with Crippen molar-refractivity contribution in [1.29, 1.82) is 0 Å². The Morgan fingerprint density at radius 2 is 2.00 bits per heavy atom. The Hall–Kier alpha value is -1.66. The van der Waals surface area contributed by atoms with Crippen molar-refractivity contribution in [2.24, 2.45) is 7.05 Å². The molecule has 1 aromatic carbocycles. The highest BCUT2D eigenvalue weighted by Gasteiger charge is 2.12. The number of nitrogens with zero attached hydrogens (tertiary/aromatic N) is 2. The number of hydrogen-bond donors (Lipinski definition) is 1. The fourth-order valence-corrected chi connectivity index (χ4v) is 2.65. The summed E-state index contributed by atoms with van der Waals surface area (Å²) in [7, 11) is -1.53. The number of aryl methyl sites for hydroxylation is 1. The summed E-state index contributed by atoms with van der Waals surface area (Å²) >= 11 is 0. The highest BCUT2D eigenvalue weighted by atomic mass is 32.2. The molecule has 0 amide bonds. The number of nitrogens with one attached hydrogen (secondary N) is 1. The molecule has 0 unspecified atom stereocenters. The average Bonchev–Trinajstić information content (AvgIpc) is 2.76. The van der Waals surface area contributed by atoms with Crippen molar-refractivity contribution < 1.29 is 8.42 Å². The Morgan fingerprint density at radius 3 is 2.61 bits per heavy atom. The van der Waals surface area contributed by atoms with Crippen LogP contribution in [0, 0.1) is 0 Å². The van der Waals surface area contributed by atoms with Crippen LogP contribution in [0.3, 0.4) is 0 Å². The van der Waals surface area contributed by atoms with E-state index in [1.54, 1.807) is 36.7 Å². The zero-order valence-electron chi connectivity index (χ0n) is 10.1. The van der Waals surface area contributed by atoms with Crippen LogP contribution in [0.5, 0.6) is 0 Å². The van der Waals surface area contributed by atoms with Crippen molar-refractivity contribution in [3.05, 3.63) is 48.5 Å². The van der Waals surface area contributed by atoms with E-state index in [-0.39, 0.29) is 4.90 Å². The second kappa shape index (κ2) is 5.32. The zero-order chi connectivity index (χ0) is 13.0. The maximum absolute atomic E-state index is 11.9. The van der Waals surface area contributed by atoms with Gasteiger partial charge in [-0.25, -0.2) is 18.1 Å². The number of aromatic nitrogens is 2. The van der Waals surface area contributed by atoms with Crippen molar-refractivity contribution in [3.63, 3.8) is 0 Å². The molecular formula is C12H15N3O2S. The van der Waals surface area contributed by atoms with Gasteiger partial charge in [0, 0.05) is 26.2 Å². The van der Waals surface area contributed by atoms with Crippen LogP contribution in [0.1, 0.15) is 5.69 Å². The van der Waals surface area contributed by atoms with E-state index in [1.165, 1.54) is 0 Å². The lowest BCUT2D eigenvalue weighted by atomic mass is 10.3. The van der Waals surface area contributed by atoms with Crippen molar-refractivity contribution in [2.75, 3.05) is 6.54 Å². The molecule has 0 saturated heterocycles. The SMILES string of the molecule is Cn1cnc(CCNS(=O)(=O)c2ccccc2)c1. The molecule has 0 fully saturated rings. The largest absolute Gasteiger partial charge is 0.340 e. The van der Waals surface area contributed by atoms with Crippen LogP contribution in [-0.2, 0) is 23.5 Å². The van der Waals surface area contributed by atoms with E-state index in [1.807, 2.05) is 17.8 Å². The molecular weight excluding hydrogens is 250 g/mol. The van der Waals surface area contributed by atoms with E-state index in [2.05, 4.69) is 9.71 Å². The van der Waals surface area contributed by atoms with Gasteiger partial charge in [-0.2, -0.15) is 0 Å².